The third-order valence-electron chi connectivity index (χ3n) is 4.72. The largest absolute Gasteiger partial charge is 0.453 e. The van der Waals surface area contributed by atoms with E-state index in [1.165, 1.54) is 6.92 Å². The minimum atomic E-state index is -0.957. The van der Waals surface area contributed by atoms with Crippen molar-refractivity contribution in [2.45, 2.75) is 32.8 Å². The van der Waals surface area contributed by atoms with Crippen LogP contribution >= 0.6 is 0 Å². The SMILES string of the molecule is Cc1ccccc1NC(=O)[C@H](C)OC(=O)CCCN1C(=O)c2ccccc2C1=O. The van der Waals surface area contributed by atoms with Gasteiger partial charge in [-0.3, -0.25) is 24.1 Å². The fraction of sp³-hybridized carbons (Fsp3) is 0.273. The Labute approximate surface area is 168 Å². The standard InChI is InChI=1S/C22H22N2O5/c1-14-8-3-6-11-18(14)23-20(26)15(2)29-19(25)12-7-13-24-21(27)16-9-4-5-10-17(16)22(24)28/h3-6,8-11,15H,7,12-13H2,1-2H3,(H,23,26)/t15-/m0/s1. The van der Waals surface area contributed by atoms with Crippen molar-refractivity contribution in [3.63, 3.8) is 0 Å². The van der Waals surface area contributed by atoms with Crippen molar-refractivity contribution < 1.29 is 23.9 Å². The highest BCUT2D eigenvalue weighted by molar-refractivity contribution is 6.21. The molecule has 0 radical (unpaired) electrons. The van der Waals surface area contributed by atoms with Crippen LogP contribution in [-0.2, 0) is 14.3 Å². The van der Waals surface area contributed by atoms with Crippen LogP contribution < -0.4 is 5.32 Å². The second-order valence-electron chi connectivity index (χ2n) is 6.85. The molecule has 1 aliphatic rings. The first-order valence-corrected chi connectivity index (χ1v) is 9.39. The normalized spacial score (nSPS) is 13.8. The highest BCUT2D eigenvalue weighted by Crippen LogP contribution is 2.22. The van der Waals surface area contributed by atoms with Gasteiger partial charge in [0, 0.05) is 18.7 Å². The summed E-state index contributed by atoms with van der Waals surface area (Å²) in [7, 11) is 0. The predicted molar refractivity (Wildman–Crippen MR) is 106 cm³/mol. The van der Waals surface area contributed by atoms with Crippen LogP contribution in [0.3, 0.4) is 0 Å². The van der Waals surface area contributed by atoms with Gasteiger partial charge in [-0.05, 0) is 44.0 Å². The summed E-state index contributed by atoms with van der Waals surface area (Å²) in [5, 5.41) is 2.72. The lowest BCUT2D eigenvalue weighted by Gasteiger charge is -2.16. The minimum Gasteiger partial charge on any atom is -0.453 e. The van der Waals surface area contributed by atoms with Crippen molar-refractivity contribution in [1.82, 2.24) is 4.90 Å². The lowest BCUT2D eigenvalue weighted by atomic mass is 10.1. The number of nitrogens with one attached hydrogen (secondary N) is 1. The number of hydrogen-bond donors (Lipinski definition) is 1. The number of ether oxygens (including phenoxy) is 1. The van der Waals surface area contributed by atoms with Crippen LogP contribution in [0.25, 0.3) is 0 Å². The number of esters is 1. The molecule has 3 rings (SSSR count). The molecule has 0 spiro atoms. The van der Waals surface area contributed by atoms with E-state index in [4.69, 9.17) is 4.74 Å². The van der Waals surface area contributed by atoms with Crippen molar-refractivity contribution in [2.75, 3.05) is 11.9 Å². The Morgan fingerprint density at radius 2 is 1.59 bits per heavy atom. The van der Waals surface area contributed by atoms with Gasteiger partial charge in [-0.25, -0.2) is 0 Å². The molecule has 7 heteroatoms. The number of rotatable bonds is 7. The number of carbonyl (C=O) groups excluding carboxylic acids is 4. The maximum atomic E-state index is 12.3. The number of benzene rings is 2. The number of anilines is 1. The van der Waals surface area contributed by atoms with Gasteiger partial charge in [0.1, 0.15) is 0 Å². The summed E-state index contributed by atoms with van der Waals surface area (Å²) >= 11 is 0. The molecule has 1 heterocycles. The first kappa shape index (κ1) is 20.3. The Hall–Kier alpha value is -3.48. The molecule has 3 amide bonds. The van der Waals surface area contributed by atoms with Crippen molar-refractivity contribution in [3.8, 4) is 0 Å². The fourth-order valence-corrected chi connectivity index (χ4v) is 3.08. The molecular weight excluding hydrogens is 372 g/mol. The van der Waals surface area contributed by atoms with Crippen molar-refractivity contribution in [3.05, 3.63) is 65.2 Å². The molecular formula is C22H22N2O5. The number of amides is 3. The zero-order valence-corrected chi connectivity index (χ0v) is 16.3. The molecule has 0 fully saturated rings. The number of hydrogen-bond acceptors (Lipinski definition) is 5. The lowest BCUT2D eigenvalue weighted by Crippen LogP contribution is -2.32. The highest BCUT2D eigenvalue weighted by Gasteiger charge is 2.34. The Morgan fingerprint density at radius 3 is 2.21 bits per heavy atom. The molecule has 150 valence electrons. The Morgan fingerprint density at radius 1 is 1.00 bits per heavy atom. The fourth-order valence-electron chi connectivity index (χ4n) is 3.08. The number of carbonyl (C=O) groups is 4. The van der Waals surface area contributed by atoms with Gasteiger partial charge in [0.2, 0.25) is 0 Å². The van der Waals surface area contributed by atoms with Gasteiger partial charge < -0.3 is 10.1 Å². The van der Waals surface area contributed by atoms with Gasteiger partial charge in [0.25, 0.3) is 17.7 Å². The van der Waals surface area contributed by atoms with E-state index in [0.29, 0.717) is 16.8 Å². The molecule has 0 saturated carbocycles. The number of aryl methyl sites for hydroxylation is 1. The van der Waals surface area contributed by atoms with Crippen LogP contribution in [0.15, 0.2) is 48.5 Å². The topological polar surface area (TPSA) is 92.8 Å². The van der Waals surface area contributed by atoms with Crippen LogP contribution in [-0.4, -0.2) is 41.2 Å². The summed E-state index contributed by atoms with van der Waals surface area (Å²) in [6.07, 6.45) is -0.701. The lowest BCUT2D eigenvalue weighted by molar-refractivity contribution is -0.153. The maximum absolute atomic E-state index is 12.3. The van der Waals surface area contributed by atoms with Crippen LogP contribution in [0.5, 0.6) is 0 Å². The molecule has 0 saturated heterocycles. The Bertz CT molecular complexity index is 934. The van der Waals surface area contributed by atoms with Gasteiger partial charge in [-0.1, -0.05) is 30.3 Å². The predicted octanol–water partition coefficient (Wildman–Crippen LogP) is 2.94. The number of imide groups is 1. The number of nitrogens with zero attached hydrogens (tertiary/aromatic N) is 1. The number of para-hydroxylation sites is 1. The summed E-state index contributed by atoms with van der Waals surface area (Å²) in [4.78, 5) is 50.0. The van der Waals surface area contributed by atoms with E-state index in [1.54, 1.807) is 36.4 Å². The minimum absolute atomic E-state index is 0.00457. The molecule has 29 heavy (non-hydrogen) atoms. The van der Waals surface area contributed by atoms with Crippen molar-refractivity contribution in [1.29, 1.82) is 0 Å². The first-order valence-electron chi connectivity index (χ1n) is 9.39. The number of fused-ring (bicyclic) bond motifs is 1. The van der Waals surface area contributed by atoms with Crippen LogP contribution in [0.2, 0.25) is 0 Å². The molecule has 2 aromatic rings. The smallest absolute Gasteiger partial charge is 0.306 e. The summed E-state index contributed by atoms with van der Waals surface area (Å²) in [5.41, 5.74) is 2.31. The monoisotopic (exact) mass is 394 g/mol. The van der Waals surface area contributed by atoms with Gasteiger partial charge in [-0.2, -0.15) is 0 Å². The first-order chi connectivity index (χ1) is 13.9. The quantitative estimate of drug-likeness (QED) is 0.576. The summed E-state index contributed by atoms with van der Waals surface area (Å²) in [6, 6.07) is 13.9. The van der Waals surface area contributed by atoms with Crippen LogP contribution in [0, 0.1) is 6.92 Å². The zero-order valence-electron chi connectivity index (χ0n) is 16.3. The third kappa shape index (κ3) is 4.51. The average molecular weight is 394 g/mol. The third-order valence-corrected chi connectivity index (χ3v) is 4.72. The van der Waals surface area contributed by atoms with E-state index in [0.717, 1.165) is 10.5 Å². The highest BCUT2D eigenvalue weighted by atomic mass is 16.5. The molecule has 7 nitrogen and oxygen atoms in total. The van der Waals surface area contributed by atoms with E-state index in [2.05, 4.69) is 5.32 Å². The van der Waals surface area contributed by atoms with E-state index in [9.17, 15) is 19.2 Å². The molecule has 2 aromatic carbocycles. The second-order valence-corrected chi connectivity index (χ2v) is 6.85. The van der Waals surface area contributed by atoms with E-state index < -0.39 is 18.0 Å². The van der Waals surface area contributed by atoms with E-state index in [1.807, 2.05) is 19.1 Å². The van der Waals surface area contributed by atoms with Gasteiger partial charge >= 0.3 is 5.97 Å². The van der Waals surface area contributed by atoms with E-state index in [-0.39, 0.29) is 31.2 Å². The molecule has 0 bridgehead atoms. The average Bonchev–Trinajstić information content (AvgIpc) is 2.94. The molecule has 0 aliphatic carbocycles. The van der Waals surface area contributed by atoms with Gasteiger partial charge in [-0.15, -0.1) is 0 Å². The Balaban J connectivity index is 1.45. The van der Waals surface area contributed by atoms with Gasteiger partial charge in [0.15, 0.2) is 6.10 Å². The molecule has 1 N–H and O–H groups in total. The summed E-state index contributed by atoms with van der Waals surface area (Å²) in [6.45, 7) is 3.48. The molecule has 1 atom stereocenters. The maximum Gasteiger partial charge on any atom is 0.306 e. The molecule has 0 unspecified atom stereocenters. The Kier molecular flexibility index (Phi) is 6.07. The molecule has 1 aliphatic heterocycles. The van der Waals surface area contributed by atoms with Crippen molar-refractivity contribution in [2.24, 2.45) is 0 Å². The van der Waals surface area contributed by atoms with Gasteiger partial charge in [0.05, 0.1) is 11.1 Å². The van der Waals surface area contributed by atoms with Crippen LogP contribution in [0.1, 0.15) is 46.0 Å². The zero-order chi connectivity index (χ0) is 21.0. The van der Waals surface area contributed by atoms with E-state index >= 15 is 0 Å². The van der Waals surface area contributed by atoms with Crippen molar-refractivity contribution >= 4 is 29.4 Å². The summed E-state index contributed by atoms with van der Waals surface area (Å²) < 4.78 is 5.17. The second kappa shape index (κ2) is 8.68. The molecule has 0 aromatic heterocycles. The van der Waals surface area contributed by atoms with Crippen LogP contribution in [0.4, 0.5) is 5.69 Å². The summed E-state index contributed by atoms with van der Waals surface area (Å²) in [5.74, 6) is -1.70.